The van der Waals surface area contributed by atoms with E-state index in [1.807, 2.05) is 9.39 Å². The van der Waals surface area contributed by atoms with Gasteiger partial charge >= 0.3 is 6.09 Å². The standard InChI is InChI=1S/C3H8NO2P/c1-2-6-3(5)4-7/h2,7H2,1H3,(H,4,5). The first-order valence-electron chi connectivity index (χ1n) is 1.94. The third kappa shape index (κ3) is 3.53. The van der Waals surface area contributed by atoms with E-state index in [1.165, 1.54) is 0 Å². The molecule has 0 bridgehead atoms. The zero-order chi connectivity index (χ0) is 5.70. The molecule has 0 saturated carbocycles. The van der Waals surface area contributed by atoms with Crippen molar-refractivity contribution in [1.82, 2.24) is 5.09 Å². The fourth-order valence-corrected chi connectivity index (χ4v) is 0.256. The SMILES string of the molecule is CCOC(=O)NP. The Morgan fingerprint density at radius 1 is 2.00 bits per heavy atom. The molecular formula is C3H8NO2P. The molecular weight excluding hydrogens is 113 g/mol. The van der Waals surface area contributed by atoms with Gasteiger partial charge in [0.1, 0.15) is 0 Å². The first kappa shape index (κ1) is 6.70. The molecule has 0 heterocycles. The van der Waals surface area contributed by atoms with Crippen molar-refractivity contribution in [1.29, 1.82) is 0 Å². The Balaban J connectivity index is 3.00. The van der Waals surface area contributed by atoms with Gasteiger partial charge in [-0.15, -0.1) is 0 Å². The van der Waals surface area contributed by atoms with Crippen LogP contribution in [0.2, 0.25) is 0 Å². The average Bonchev–Trinajstić information content (AvgIpc) is 1.68. The zero-order valence-electron chi connectivity index (χ0n) is 4.10. The van der Waals surface area contributed by atoms with Crippen LogP contribution in [0.25, 0.3) is 0 Å². The number of hydrogen-bond donors (Lipinski definition) is 1. The molecule has 0 radical (unpaired) electrons. The van der Waals surface area contributed by atoms with Crippen molar-refractivity contribution in [2.45, 2.75) is 6.92 Å². The van der Waals surface area contributed by atoms with Crippen molar-refractivity contribution in [3.63, 3.8) is 0 Å². The highest BCUT2D eigenvalue weighted by atomic mass is 31.0. The van der Waals surface area contributed by atoms with Crippen LogP contribution in [0.4, 0.5) is 4.79 Å². The summed E-state index contributed by atoms with van der Waals surface area (Å²) in [5.41, 5.74) is 0. The maximum atomic E-state index is 10.1. The first-order chi connectivity index (χ1) is 3.31. The number of rotatable bonds is 1. The monoisotopic (exact) mass is 121 g/mol. The number of carbonyl (C=O) groups is 1. The Morgan fingerprint density at radius 2 is 2.57 bits per heavy atom. The van der Waals surface area contributed by atoms with Gasteiger partial charge in [-0.05, 0) is 16.3 Å². The largest absolute Gasteiger partial charge is 0.450 e. The fraction of sp³-hybridized carbons (Fsp3) is 0.667. The third-order valence-corrected chi connectivity index (χ3v) is 0.629. The minimum Gasteiger partial charge on any atom is -0.450 e. The average molecular weight is 121 g/mol. The molecule has 0 aromatic heterocycles. The van der Waals surface area contributed by atoms with E-state index in [2.05, 4.69) is 9.82 Å². The molecule has 1 unspecified atom stereocenters. The van der Waals surface area contributed by atoms with Crippen molar-refractivity contribution in [2.75, 3.05) is 6.61 Å². The minimum absolute atomic E-state index is 0.410. The van der Waals surface area contributed by atoms with Crippen molar-refractivity contribution < 1.29 is 9.53 Å². The van der Waals surface area contributed by atoms with Crippen molar-refractivity contribution in [3.8, 4) is 0 Å². The Morgan fingerprint density at radius 3 is 2.71 bits per heavy atom. The van der Waals surface area contributed by atoms with E-state index in [4.69, 9.17) is 0 Å². The molecule has 1 atom stereocenters. The van der Waals surface area contributed by atoms with Gasteiger partial charge in [0, 0.05) is 0 Å². The predicted octanol–water partition coefficient (Wildman–Crippen LogP) is 0.523. The lowest BCUT2D eigenvalue weighted by molar-refractivity contribution is 0.159. The molecule has 3 nitrogen and oxygen atoms in total. The third-order valence-electron chi connectivity index (χ3n) is 0.393. The number of amides is 1. The zero-order valence-corrected chi connectivity index (χ0v) is 5.26. The quantitative estimate of drug-likeness (QED) is 0.513. The fourth-order valence-electron chi connectivity index (χ4n) is 0.173. The van der Waals surface area contributed by atoms with Crippen LogP contribution in [0.5, 0.6) is 0 Å². The van der Waals surface area contributed by atoms with Gasteiger partial charge in [0.25, 0.3) is 0 Å². The van der Waals surface area contributed by atoms with Gasteiger partial charge < -0.3 is 9.82 Å². The molecule has 1 amide bonds. The van der Waals surface area contributed by atoms with Gasteiger partial charge in [0.2, 0.25) is 0 Å². The molecule has 0 rings (SSSR count). The number of ether oxygens (including phenoxy) is 1. The van der Waals surface area contributed by atoms with Crippen LogP contribution in [0.15, 0.2) is 0 Å². The summed E-state index contributed by atoms with van der Waals surface area (Å²) < 4.78 is 4.42. The summed E-state index contributed by atoms with van der Waals surface area (Å²) in [5.74, 6) is 0. The topological polar surface area (TPSA) is 38.3 Å². The molecule has 0 aliphatic carbocycles. The maximum Gasteiger partial charge on any atom is 0.409 e. The molecule has 0 fully saturated rings. The molecule has 0 aliphatic rings. The second-order valence-corrected chi connectivity index (χ2v) is 1.15. The molecule has 0 aliphatic heterocycles. The van der Waals surface area contributed by atoms with Crippen molar-refractivity contribution in [2.24, 2.45) is 0 Å². The molecule has 0 aromatic carbocycles. The lowest BCUT2D eigenvalue weighted by atomic mass is 10.9. The summed E-state index contributed by atoms with van der Waals surface area (Å²) in [6, 6.07) is 0. The van der Waals surface area contributed by atoms with E-state index in [0.29, 0.717) is 6.61 Å². The Labute approximate surface area is 44.7 Å². The summed E-state index contributed by atoms with van der Waals surface area (Å²) in [7, 11) is 2.04. The van der Waals surface area contributed by atoms with Crippen LogP contribution < -0.4 is 5.09 Å². The lowest BCUT2D eigenvalue weighted by Crippen LogP contribution is -2.12. The lowest BCUT2D eigenvalue weighted by Gasteiger charge is -1.95. The summed E-state index contributed by atoms with van der Waals surface area (Å²) in [5, 5.41) is 2.22. The highest BCUT2D eigenvalue weighted by molar-refractivity contribution is 7.15. The summed E-state index contributed by atoms with van der Waals surface area (Å²) in [6.07, 6.45) is -0.410. The van der Waals surface area contributed by atoms with Crippen LogP contribution in [0.1, 0.15) is 6.92 Å². The molecule has 42 valence electrons. The van der Waals surface area contributed by atoms with Gasteiger partial charge in [0.05, 0.1) is 6.61 Å². The predicted molar refractivity (Wildman–Crippen MR) is 29.9 cm³/mol. The summed E-state index contributed by atoms with van der Waals surface area (Å²) in [6.45, 7) is 2.17. The Hall–Kier alpha value is -0.300. The van der Waals surface area contributed by atoms with E-state index < -0.39 is 6.09 Å². The maximum absolute atomic E-state index is 10.1. The first-order valence-corrected chi connectivity index (χ1v) is 2.52. The van der Waals surface area contributed by atoms with Gasteiger partial charge in [-0.3, -0.25) is 0 Å². The summed E-state index contributed by atoms with van der Waals surface area (Å²) >= 11 is 0. The number of hydrogen-bond acceptors (Lipinski definition) is 2. The van der Waals surface area contributed by atoms with E-state index in [1.54, 1.807) is 6.92 Å². The van der Waals surface area contributed by atoms with Gasteiger partial charge in [-0.2, -0.15) is 0 Å². The normalized spacial score (nSPS) is 7.71. The molecule has 7 heavy (non-hydrogen) atoms. The Bertz CT molecular complexity index is 66.0. The van der Waals surface area contributed by atoms with E-state index in [0.717, 1.165) is 0 Å². The molecule has 0 aromatic rings. The van der Waals surface area contributed by atoms with Gasteiger partial charge in [-0.25, -0.2) is 4.79 Å². The van der Waals surface area contributed by atoms with Crippen LogP contribution in [-0.4, -0.2) is 12.7 Å². The highest BCUT2D eigenvalue weighted by Crippen LogP contribution is 1.77. The number of carbonyl (C=O) groups excluding carboxylic acids is 1. The highest BCUT2D eigenvalue weighted by Gasteiger charge is 1.89. The van der Waals surface area contributed by atoms with Crippen LogP contribution in [0.3, 0.4) is 0 Å². The number of nitrogens with one attached hydrogen (secondary N) is 1. The second kappa shape index (κ2) is 3.88. The van der Waals surface area contributed by atoms with Crippen molar-refractivity contribution in [3.05, 3.63) is 0 Å². The smallest absolute Gasteiger partial charge is 0.409 e. The van der Waals surface area contributed by atoms with Crippen molar-refractivity contribution >= 4 is 15.5 Å². The minimum atomic E-state index is -0.410. The van der Waals surface area contributed by atoms with Crippen LogP contribution >= 0.6 is 9.39 Å². The molecule has 0 saturated heterocycles. The van der Waals surface area contributed by atoms with E-state index in [-0.39, 0.29) is 0 Å². The van der Waals surface area contributed by atoms with E-state index >= 15 is 0 Å². The van der Waals surface area contributed by atoms with Crippen LogP contribution in [0, 0.1) is 0 Å². The van der Waals surface area contributed by atoms with Gasteiger partial charge in [0.15, 0.2) is 0 Å². The van der Waals surface area contributed by atoms with Crippen LogP contribution in [-0.2, 0) is 4.74 Å². The second-order valence-electron chi connectivity index (χ2n) is 0.865. The Kier molecular flexibility index (Phi) is 3.71. The van der Waals surface area contributed by atoms with Gasteiger partial charge in [-0.1, -0.05) is 0 Å². The summed E-state index contributed by atoms with van der Waals surface area (Å²) in [4.78, 5) is 10.1. The molecule has 4 heteroatoms. The molecule has 1 N–H and O–H groups in total. The molecule has 0 spiro atoms. The van der Waals surface area contributed by atoms with E-state index in [9.17, 15) is 4.79 Å².